The Kier molecular flexibility index (Phi) is 6.90. The van der Waals surface area contributed by atoms with Crippen LogP contribution in [0.25, 0.3) is 0 Å². The highest BCUT2D eigenvalue weighted by Crippen LogP contribution is 2.23. The van der Waals surface area contributed by atoms with Gasteiger partial charge in [0.1, 0.15) is 5.75 Å². The van der Waals surface area contributed by atoms with Crippen LogP contribution >= 0.6 is 12.2 Å². The minimum absolute atomic E-state index is 0.0150. The fourth-order valence-corrected chi connectivity index (χ4v) is 1.59. The van der Waals surface area contributed by atoms with Crippen molar-refractivity contribution >= 4 is 28.9 Å². The van der Waals surface area contributed by atoms with Crippen LogP contribution in [-0.4, -0.2) is 30.5 Å². The normalized spacial score (nSPS) is 10.7. The van der Waals surface area contributed by atoms with Crippen molar-refractivity contribution < 1.29 is 22.7 Å². The Balaban J connectivity index is 2.40. The van der Waals surface area contributed by atoms with Crippen LogP contribution in [0.5, 0.6) is 5.75 Å². The summed E-state index contributed by atoms with van der Waals surface area (Å²) in [5, 5.41) is 8.30. The maximum absolute atomic E-state index is 12.0. The Hall–Kier alpha value is -2.03. The lowest BCUT2D eigenvalue weighted by molar-refractivity contribution is -0.274. The minimum atomic E-state index is -4.72. The highest BCUT2D eigenvalue weighted by atomic mass is 32.1. The third-order valence-electron chi connectivity index (χ3n) is 2.33. The topological polar surface area (TPSA) is 62.4 Å². The number of benzene rings is 1. The van der Waals surface area contributed by atoms with Crippen LogP contribution in [0.4, 0.5) is 18.9 Å². The third-order valence-corrected chi connectivity index (χ3v) is 2.57. The summed E-state index contributed by atoms with van der Waals surface area (Å²) < 4.78 is 39.8. The Morgan fingerprint density at radius 3 is 2.41 bits per heavy atom. The SMILES string of the molecule is CCCNC(=O)CNC(=S)Nc1ccc(OC(F)(F)F)cc1. The van der Waals surface area contributed by atoms with Crippen LogP contribution < -0.4 is 20.7 Å². The number of thiocarbonyl (C=S) groups is 1. The third kappa shape index (κ3) is 7.67. The molecular weight excluding hydrogens is 319 g/mol. The van der Waals surface area contributed by atoms with E-state index in [0.717, 1.165) is 18.6 Å². The molecule has 1 amide bonds. The molecule has 0 bridgehead atoms. The monoisotopic (exact) mass is 335 g/mol. The summed E-state index contributed by atoms with van der Waals surface area (Å²) in [6.45, 7) is 2.54. The number of carbonyl (C=O) groups excluding carboxylic acids is 1. The van der Waals surface area contributed by atoms with Gasteiger partial charge in [0.2, 0.25) is 5.91 Å². The van der Waals surface area contributed by atoms with Gasteiger partial charge in [0.25, 0.3) is 0 Å². The van der Waals surface area contributed by atoms with E-state index in [1.165, 1.54) is 12.1 Å². The molecule has 0 spiro atoms. The number of amides is 1. The lowest BCUT2D eigenvalue weighted by Gasteiger charge is -2.12. The number of nitrogens with one attached hydrogen (secondary N) is 3. The first-order valence-electron chi connectivity index (χ1n) is 6.47. The van der Waals surface area contributed by atoms with Crippen LogP contribution in [0, 0.1) is 0 Å². The average molecular weight is 335 g/mol. The predicted molar refractivity (Wildman–Crippen MR) is 80.6 cm³/mol. The van der Waals surface area contributed by atoms with Gasteiger partial charge in [-0.15, -0.1) is 13.2 Å². The van der Waals surface area contributed by atoms with E-state index in [4.69, 9.17) is 12.2 Å². The molecule has 0 aromatic heterocycles. The largest absolute Gasteiger partial charge is 0.573 e. The molecule has 0 saturated heterocycles. The van der Waals surface area contributed by atoms with E-state index in [9.17, 15) is 18.0 Å². The zero-order valence-electron chi connectivity index (χ0n) is 11.8. The fraction of sp³-hybridized carbons (Fsp3) is 0.385. The summed E-state index contributed by atoms with van der Waals surface area (Å²) in [5.41, 5.74) is 0.473. The molecule has 1 aromatic rings. The minimum Gasteiger partial charge on any atom is -0.406 e. The van der Waals surface area contributed by atoms with Crippen molar-refractivity contribution in [3.05, 3.63) is 24.3 Å². The molecule has 0 radical (unpaired) electrons. The van der Waals surface area contributed by atoms with E-state index in [2.05, 4.69) is 20.7 Å². The summed E-state index contributed by atoms with van der Waals surface area (Å²) >= 11 is 4.97. The van der Waals surface area contributed by atoms with Crippen molar-refractivity contribution in [2.45, 2.75) is 19.7 Å². The standard InChI is InChI=1S/C13H16F3N3O2S/c1-2-7-17-11(20)8-18-12(22)19-9-3-5-10(6-4-9)21-13(14,15)16/h3-6H,2,7-8H2,1H3,(H,17,20)(H2,18,19,22). The van der Waals surface area contributed by atoms with E-state index >= 15 is 0 Å². The van der Waals surface area contributed by atoms with E-state index in [1.54, 1.807) is 0 Å². The van der Waals surface area contributed by atoms with Gasteiger partial charge in [-0.05, 0) is 42.9 Å². The van der Waals surface area contributed by atoms with Gasteiger partial charge >= 0.3 is 6.36 Å². The summed E-state index contributed by atoms with van der Waals surface area (Å²) in [7, 11) is 0. The number of halogens is 3. The number of carbonyl (C=O) groups is 1. The van der Waals surface area contributed by atoms with Gasteiger partial charge in [0.05, 0.1) is 6.54 Å². The first kappa shape index (κ1) is 18.0. The Morgan fingerprint density at radius 1 is 1.23 bits per heavy atom. The Morgan fingerprint density at radius 2 is 1.86 bits per heavy atom. The van der Waals surface area contributed by atoms with Crippen molar-refractivity contribution in [3.8, 4) is 5.75 Å². The van der Waals surface area contributed by atoms with Gasteiger partial charge in [-0.25, -0.2) is 0 Å². The molecule has 22 heavy (non-hydrogen) atoms. The van der Waals surface area contributed by atoms with Crippen LogP contribution in [0.2, 0.25) is 0 Å². The fourth-order valence-electron chi connectivity index (χ4n) is 1.40. The van der Waals surface area contributed by atoms with Crippen LogP contribution in [-0.2, 0) is 4.79 Å². The van der Waals surface area contributed by atoms with Gasteiger partial charge in [0, 0.05) is 12.2 Å². The van der Waals surface area contributed by atoms with Crippen molar-refractivity contribution in [2.75, 3.05) is 18.4 Å². The summed E-state index contributed by atoms with van der Waals surface area (Å²) in [4.78, 5) is 11.4. The first-order valence-corrected chi connectivity index (χ1v) is 6.88. The van der Waals surface area contributed by atoms with Gasteiger partial charge in [-0.3, -0.25) is 4.79 Å². The molecule has 9 heteroatoms. The molecule has 0 aliphatic rings. The van der Waals surface area contributed by atoms with Gasteiger partial charge in [0.15, 0.2) is 5.11 Å². The molecule has 5 nitrogen and oxygen atoms in total. The molecule has 0 heterocycles. The zero-order valence-corrected chi connectivity index (χ0v) is 12.6. The second-order valence-electron chi connectivity index (χ2n) is 4.23. The van der Waals surface area contributed by atoms with Crippen molar-refractivity contribution in [1.29, 1.82) is 0 Å². The maximum Gasteiger partial charge on any atom is 0.573 e. The van der Waals surface area contributed by atoms with Crippen molar-refractivity contribution in [1.82, 2.24) is 10.6 Å². The number of hydrogen-bond donors (Lipinski definition) is 3. The van der Waals surface area contributed by atoms with E-state index < -0.39 is 6.36 Å². The molecule has 0 fully saturated rings. The molecule has 1 rings (SSSR count). The number of alkyl halides is 3. The molecule has 122 valence electrons. The van der Waals surface area contributed by atoms with Gasteiger partial charge in [-0.1, -0.05) is 6.92 Å². The molecule has 3 N–H and O–H groups in total. The number of rotatable bonds is 6. The molecule has 0 aliphatic carbocycles. The summed E-state index contributed by atoms with van der Waals surface area (Å²) in [6.07, 6.45) is -3.89. The molecule has 0 aliphatic heterocycles. The predicted octanol–water partition coefficient (Wildman–Crippen LogP) is 2.40. The maximum atomic E-state index is 12.0. The molecular formula is C13H16F3N3O2S. The lowest BCUT2D eigenvalue weighted by Crippen LogP contribution is -2.38. The highest BCUT2D eigenvalue weighted by molar-refractivity contribution is 7.80. The second-order valence-corrected chi connectivity index (χ2v) is 4.64. The molecule has 1 aromatic carbocycles. The number of hydrogen-bond acceptors (Lipinski definition) is 3. The summed E-state index contributed by atoms with van der Waals surface area (Å²) in [6, 6.07) is 5.08. The Labute approximate surface area is 131 Å². The second kappa shape index (κ2) is 8.42. The van der Waals surface area contributed by atoms with E-state index in [-0.39, 0.29) is 23.3 Å². The van der Waals surface area contributed by atoms with E-state index in [1.807, 2.05) is 6.92 Å². The molecule has 0 unspecified atom stereocenters. The van der Waals surface area contributed by atoms with Crippen LogP contribution in [0.3, 0.4) is 0 Å². The quantitative estimate of drug-likeness (QED) is 0.697. The smallest absolute Gasteiger partial charge is 0.406 e. The lowest BCUT2D eigenvalue weighted by atomic mass is 10.3. The van der Waals surface area contributed by atoms with Crippen LogP contribution in [0.1, 0.15) is 13.3 Å². The average Bonchev–Trinajstić information content (AvgIpc) is 2.43. The van der Waals surface area contributed by atoms with Gasteiger partial charge in [-0.2, -0.15) is 0 Å². The molecule has 0 atom stereocenters. The van der Waals surface area contributed by atoms with Crippen LogP contribution in [0.15, 0.2) is 24.3 Å². The number of anilines is 1. The first-order chi connectivity index (χ1) is 10.3. The number of ether oxygens (including phenoxy) is 1. The summed E-state index contributed by atoms with van der Waals surface area (Å²) in [5.74, 6) is -0.518. The Bertz CT molecular complexity index is 506. The van der Waals surface area contributed by atoms with Gasteiger partial charge < -0.3 is 20.7 Å². The zero-order chi connectivity index (χ0) is 16.6. The van der Waals surface area contributed by atoms with Crippen molar-refractivity contribution in [2.24, 2.45) is 0 Å². The highest BCUT2D eigenvalue weighted by Gasteiger charge is 2.30. The van der Waals surface area contributed by atoms with Crippen molar-refractivity contribution in [3.63, 3.8) is 0 Å². The molecule has 0 saturated carbocycles. The van der Waals surface area contributed by atoms with E-state index in [0.29, 0.717) is 12.2 Å².